The lowest BCUT2D eigenvalue weighted by atomic mass is 10.00. The molecule has 0 radical (unpaired) electrons. The zero-order valence-corrected chi connectivity index (χ0v) is 20.4. The number of halogens is 5. The van der Waals surface area contributed by atoms with Gasteiger partial charge in [-0.05, 0) is 29.8 Å². The fourth-order valence-corrected chi connectivity index (χ4v) is 4.03. The molecule has 1 aliphatic heterocycles. The molecule has 38 heavy (non-hydrogen) atoms. The molecule has 1 aromatic carbocycles. The standard InChI is InChI=1S/C25H29F5N6O2/c1-2-16(14-34-23(31)25(28,29)30)20(36-11-8-24(26,27)9-12-36)15-33-22(38)18-4-3-5-19-17(18)6-7-21(35-19)32-10-13-37/h2-7,14,20,37H,1,8-13,15H2,(H2,31,34)(H,32,35)(H,33,38)/b16-14+. The topological polar surface area (TPSA) is 116 Å². The summed E-state index contributed by atoms with van der Waals surface area (Å²) in [6.07, 6.45) is -3.55. The maximum absolute atomic E-state index is 13.8. The third-order valence-electron chi connectivity index (χ3n) is 6.08. The summed E-state index contributed by atoms with van der Waals surface area (Å²) in [4.78, 5) is 22.5. The van der Waals surface area contributed by atoms with Crippen LogP contribution in [0.2, 0.25) is 0 Å². The Morgan fingerprint density at radius 3 is 2.61 bits per heavy atom. The van der Waals surface area contributed by atoms with Crippen LogP contribution in [0, 0.1) is 0 Å². The number of fused-ring (bicyclic) bond motifs is 1. The number of aromatic nitrogens is 1. The van der Waals surface area contributed by atoms with Crippen LogP contribution in [0.4, 0.5) is 27.8 Å². The Balaban J connectivity index is 1.85. The van der Waals surface area contributed by atoms with Crippen LogP contribution in [0.3, 0.4) is 0 Å². The fourth-order valence-electron chi connectivity index (χ4n) is 4.03. The van der Waals surface area contributed by atoms with Crippen LogP contribution < -0.4 is 16.4 Å². The largest absolute Gasteiger partial charge is 0.448 e. The number of piperidine rings is 1. The number of aliphatic hydroxyl groups excluding tert-OH is 1. The lowest BCUT2D eigenvalue weighted by molar-refractivity contribution is -0.0609. The predicted molar refractivity (Wildman–Crippen MR) is 135 cm³/mol. The molecule has 2 heterocycles. The van der Waals surface area contributed by atoms with Crippen molar-refractivity contribution >= 4 is 28.5 Å². The lowest BCUT2D eigenvalue weighted by Gasteiger charge is -2.38. The van der Waals surface area contributed by atoms with Gasteiger partial charge in [0.2, 0.25) is 5.84 Å². The summed E-state index contributed by atoms with van der Waals surface area (Å²) in [5, 5.41) is 15.2. The number of hydrogen-bond acceptors (Lipinski definition) is 6. The van der Waals surface area contributed by atoms with Gasteiger partial charge in [0.1, 0.15) is 5.82 Å². The van der Waals surface area contributed by atoms with Gasteiger partial charge in [0.15, 0.2) is 0 Å². The molecular formula is C25H29F5N6O2. The Kier molecular flexibility index (Phi) is 9.39. The molecule has 2 aromatic rings. The zero-order chi connectivity index (χ0) is 27.9. The van der Waals surface area contributed by atoms with Gasteiger partial charge >= 0.3 is 6.18 Å². The number of anilines is 1. The maximum Gasteiger partial charge on any atom is 0.448 e. The van der Waals surface area contributed by atoms with E-state index in [-0.39, 0.29) is 31.8 Å². The molecule has 0 spiro atoms. The molecule has 3 rings (SSSR count). The van der Waals surface area contributed by atoms with Gasteiger partial charge in [-0.25, -0.2) is 18.8 Å². The second kappa shape index (κ2) is 12.3. The van der Waals surface area contributed by atoms with Gasteiger partial charge in [0, 0.05) is 56.2 Å². The summed E-state index contributed by atoms with van der Waals surface area (Å²) < 4.78 is 66.0. The number of aliphatic hydroxyl groups is 1. The van der Waals surface area contributed by atoms with Crippen LogP contribution in [0.15, 0.2) is 59.8 Å². The van der Waals surface area contributed by atoms with Gasteiger partial charge in [-0.2, -0.15) is 13.2 Å². The van der Waals surface area contributed by atoms with Crippen LogP contribution >= 0.6 is 0 Å². The quantitative estimate of drug-likeness (QED) is 0.159. The van der Waals surface area contributed by atoms with Gasteiger partial charge in [-0.1, -0.05) is 18.7 Å². The molecule has 0 aliphatic carbocycles. The molecule has 1 aliphatic rings. The average molecular weight is 541 g/mol. The average Bonchev–Trinajstić information content (AvgIpc) is 2.88. The molecular weight excluding hydrogens is 511 g/mol. The number of pyridine rings is 1. The molecule has 8 nitrogen and oxygen atoms in total. The number of carbonyl (C=O) groups is 1. The zero-order valence-electron chi connectivity index (χ0n) is 20.4. The van der Waals surface area contributed by atoms with E-state index in [9.17, 15) is 26.7 Å². The fraction of sp³-hybridized carbons (Fsp3) is 0.400. The first-order valence-corrected chi connectivity index (χ1v) is 11.8. The smallest absolute Gasteiger partial charge is 0.395 e. The molecule has 1 aromatic heterocycles. The van der Waals surface area contributed by atoms with E-state index in [1.54, 1.807) is 35.2 Å². The number of nitrogens with one attached hydrogen (secondary N) is 2. The Bertz CT molecular complexity index is 1200. The predicted octanol–water partition coefficient (Wildman–Crippen LogP) is 3.46. The molecule has 1 saturated heterocycles. The normalized spacial score (nSPS) is 17.7. The summed E-state index contributed by atoms with van der Waals surface area (Å²) in [6.45, 7) is 3.66. The summed E-state index contributed by atoms with van der Waals surface area (Å²) >= 11 is 0. The number of aliphatic imine (C=N–C) groups is 1. The summed E-state index contributed by atoms with van der Waals surface area (Å²) in [5.74, 6) is -4.38. The highest BCUT2D eigenvalue weighted by Crippen LogP contribution is 2.30. The van der Waals surface area contributed by atoms with Crippen molar-refractivity contribution in [1.29, 1.82) is 0 Å². The number of benzene rings is 1. The van der Waals surface area contributed by atoms with E-state index in [0.29, 0.717) is 28.8 Å². The monoisotopic (exact) mass is 540 g/mol. The van der Waals surface area contributed by atoms with Gasteiger partial charge in [0.25, 0.3) is 11.8 Å². The van der Waals surface area contributed by atoms with Crippen LogP contribution in [0.1, 0.15) is 23.2 Å². The molecule has 0 bridgehead atoms. The first-order chi connectivity index (χ1) is 17.9. The van der Waals surface area contributed by atoms with Crippen LogP contribution in [0.5, 0.6) is 0 Å². The lowest BCUT2D eigenvalue weighted by Crippen LogP contribution is -2.50. The van der Waals surface area contributed by atoms with Gasteiger partial charge in [-0.3, -0.25) is 9.69 Å². The molecule has 1 atom stereocenters. The van der Waals surface area contributed by atoms with E-state index in [1.165, 1.54) is 6.08 Å². The first kappa shape index (κ1) is 29.0. The van der Waals surface area contributed by atoms with Crippen molar-refractivity contribution in [1.82, 2.24) is 15.2 Å². The van der Waals surface area contributed by atoms with E-state index in [4.69, 9.17) is 10.8 Å². The van der Waals surface area contributed by atoms with Gasteiger partial charge in [-0.15, -0.1) is 0 Å². The van der Waals surface area contributed by atoms with Crippen LogP contribution in [-0.4, -0.2) is 77.7 Å². The van der Waals surface area contributed by atoms with Crippen molar-refractivity contribution in [2.24, 2.45) is 10.7 Å². The highest BCUT2D eigenvalue weighted by molar-refractivity contribution is 6.06. The molecule has 206 valence electrons. The minimum absolute atomic E-state index is 0.0427. The van der Waals surface area contributed by atoms with Gasteiger partial charge in [0.05, 0.1) is 18.2 Å². The Hall–Kier alpha value is -3.58. The molecule has 0 saturated carbocycles. The second-order valence-electron chi connectivity index (χ2n) is 8.68. The van der Waals surface area contributed by atoms with E-state index in [0.717, 1.165) is 6.20 Å². The Labute approximate surface area is 216 Å². The number of rotatable bonds is 10. The molecule has 5 N–H and O–H groups in total. The summed E-state index contributed by atoms with van der Waals surface area (Å²) in [6, 6.07) is 7.54. The molecule has 13 heteroatoms. The van der Waals surface area contributed by atoms with E-state index in [2.05, 4.69) is 27.2 Å². The Morgan fingerprint density at radius 1 is 1.26 bits per heavy atom. The highest BCUT2D eigenvalue weighted by atomic mass is 19.4. The molecule has 1 fully saturated rings. The summed E-state index contributed by atoms with van der Waals surface area (Å²) in [5.41, 5.74) is 6.01. The Morgan fingerprint density at radius 2 is 1.97 bits per heavy atom. The van der Waals surface area contributed by atoms with Crippen LogP contribution in [-0.2, 0) is 0 Å². The highest BCUT2D eigenvalue weighted by Gasteiger charge is 2.37. The number of carbonyl (C=O) groups excluding carboxylic acids is 1. The number of amides is 1. The van der Waals surface area contributed by atoms with E-state index >= 15 is 0 Å². The first-order valence-electron chi connectivity index (χ1n) is 11.8. The molecule has 1 amide bonds. The van der Waals surface area contributed by atoms with E-state index < -0.39 is 42.7 Å². The van der Waals surface area contributed by atoms with Crippen molar-refractivity contribution in [3.8, 4) is 0 Å². The summed E-state index contributed by atoms with van der Waals surface area (Å²) in [7, 11) is 0. The number of amidine groups is 1. The number of nitrogens with zero attached hydrogens (tertiary/aromatic N) is 3. The van der Waals surface area contributed by atoms with Crippen molar-refractivity contribution in [3.63, 3.8) is 0 Å². The van der Waals surface area contributed by atoms with Crippen molar-refractivity contribution in [2.45, 2.75) is 31.0 Å². The SMILES string of the molecule is C=C/C(=C\N=C(/N)C(F)(F)F)C(CNC(=O)c1cccc2nc(NCCO)ccc12)N1CCC(F)(F)CC1. The van der Waals surface area contributed by atoms with Crippen molar-refractivity contribution in [3.05, 3.63) is 60.3 Å². The number of hydrogen-bond donors (Lipinski definition) is 4. The number of alkyl halides is 5. The number of nitrogens with two attached hydrogens (primary N) is 1. The minimum Gasteiger partial charge on any atom is -0.395 e. The van der Waals surface area contributed by atoms with Crippen molar-refractivity contribution < 1.29 is 31.9 Å². The van der Waals surface area contributed by atoms with Gasteiger partial charge < -0.3 is 21.5 Å². The maximum atomic E-state index is 13.8. The molecule has 1 unspecified atom stereocenters. The third-order valence-corrected chi connectivity index (χ3v) is 6.08. The second-order valence-corrected chi connectivity index (χ2v) is 8.68. The van der Waals surface area contributed by atoms with Crippen molar-refractivity contribution in [2.75, 3.05) is 38.1 Å². The number of likely N-dealkylation sites (tertiary alicyclic amines) is 1. The minimum atomic E-state index is -4.84. The van der Waals surface area contributed by atoms with Crippen LogP contribution in [0.25, 0.3) is 10.9 Å². The van der Waals surface area contributed by atoms with E-state index in [1.807, 2.05) is 0 Å². The third kappa shape index (κ3) is 7.48.